The Morgan fingerprint density at radius 1 is 1.50 bits per heavy atom. The fraction of sp³-hybridized carbons (Fsp3) is 0.562. The molecular formula is C16H21BrFNO3. The van der Waals surface area contributed by atoms with E-state index in [9.17, 15) is 9.18 Å². The van der Waals surface area contributed by atoms with E-state index in [1.54, 1.807) is 13.0 Å². The average Bonchev–Trinajstić information content (AvgIpc) is 3.30. The molecule has 1 unspecified atom stereocenters. The van der Waals surface area contributed by atoms with Crippen LogP contribution in [-0.4, -0.2) is 25.9 Å². The molecule has 1 aromatic carbocycles. The fourth-order valence-electron chi connectivity index (χ4n) is 2.38. The molecule has 1 aromatic rings. The number of hydrogen-bond acceptors (Lipinski definition) is 4. The zero-order valence-electron chi connectivity index (χ0n) is 12.6. The molecule has 4 nitrogen and oxygen atoms in total. The third-order valence-corrected chi connectivity index (χ3v) is 4.34. The maximum atomic E-state index is 12.3. The van der Waals surface area contributed by atoms with Gasteiger partial charge in [0.15, 0.2) is 0 Å². The van der Waals surface area contributed by atoms with E-state index in [4.69, 9.17) is 15.2 Å². The molecule has 0 radical (unpaired) electrons. The van der Waals surface area contributed by atoms with Crippen molar-refractivity contribution in [3.8, 4) is 5.75 Å². The quantitative estimate of drug-likeness (QED) is 0.555. The van der Waals surface area contributed by atoms with Crippen molar-refractivity contribution in [3.63, 3.8) is 0 Å². The molecule has 1 fully saturated rings. The van der Waals surface area contributed by atoms with Crippen molar-refractivity contribution >= 4 is 27.6 Å². The molecule has 1 aliphatic carbocycles. The lowest BCUT2D eigenvalue weighted by Crippen LogP contribution is -2.17. The first-order valence-electron chi connectivity index (χ1n) is 7.51. The van der Waals surface area contributed by atoms with Crippen molar-refractivity contribution in [2.75, 3.05) is 25.6 Å². The van der Waals surface area contributed by atoms with E-state index >= 15 is 0 Å². The molecule has 1 aliphatic rings. The number of alkyl halides is 1. The lowest BCUT2D eigenvalue weighted by molar-refractivity contribution is -0.145. The summed E-state index contributed by atoms with van der Waals surface area (Å²) in [6, 6.07) is 3.54. The van der Waals surface area contributed by atoms with Crippen molar-refractivity contribution in [3.05, 3.63) is 22.2 Å². The lowest BCUT2D eigenvalue weighted by Gasteiger charge is -2.18. The Morgan fingerprint density at radius 2 is 2.23 bits per heavy atom. The van der Waals surface area contributed by atoms with Gasteiger partial charge >= 0.3 is 5.97 Å². The van der Waals surface area contributed by atoms with Gasteiger partial charge in [0.2, 0.25) is 0 Å². The minimum Gasteiger partial charge on any atom is -0.489 e. The van der Waals surface area contributed by atoms with E-state index < -0.39 is 6.67 Å². The summed E-state index contributed by atoms with van der Waals surface area (Å²) in [7, 11) is 0. The Kier molecular flexibility index (Phi) is 6.06. The van der Waals surface area contributed by atoms with Gasteiger partial charge in [-0.3, -0.25) is 4.79 Å². The average molecular weight is 374 g/mol. The summed E-state index contributed by atoms with van der Waals surface area (Å²) in [6.07, 6.45) is 3.06. The third kappa shape index (κ3) is 4.35. The normalized spacial score (nSPS) is 15.4. The van der Waals surface area contributed by atoms with Crippen LogP contribution in [0.2, 0.25) is 0 Å². The van der Waals surface area contributed by atoms with E-state index in [2.05, 4.69) is 15.9 Å². The van der Waals surface area contributed by atoms with Crippen LogP contribution >= 0.6 is 15.9 Å². The molecule has 2 N–H and O–H groups in total. The summed E-state index contributed by atoms with van der Waals surface area (Å²) in [6.45, 7) is 1.49. The molecule has 0 aliphatic heterocycles. The van der Waals surface area contributed by atoms with Crippen LogP contribution in [0, 0.1) is 5.92 Å². The Labute approximate surface area is 138 Å². The van der Waals surface area contributed by atoms with Crippen LogP contribution in [0.1, 0.15) is 37.7 Å². The number of halogens is 2. The molecule has 0 saturated heterocycles. The predicted octanol–water partition coefficient (Wildman–Crippen LogP) is 3.83. The second kappa shape index (κ2) is 7.81. The molecule has 0 heterocycles. The van der Waals surface area contributed by atoms with Gasteiger partial charge in [-0.1, -0.05) is 12.8 Å². The number of carbonyl (C=O) groups excluding carboxylic acids is 1. The number of hydrogen-bond donors (Lipinski definition) is 1. The van der Waals surface area contributed by atoms with E-state index in [1.807, 2.05) is 6.07 Å². The first kappa shape index (κ1) is 17.1. The van der Waals surface area contributed by atoms with Gasteiger partial charge in [-0.05, 0) is 52.9 Å². The first-order chi connectivity index (χ1) is 10.6. The highest BCUT2D eigenvalue weighted by molar-refractivity contribution is 9.10. The minimum absolute atomic E-state index is 0.0627. The summed E-state index contributed by atoms with van der Waals surface area (Å²) in [5.74, 6) is 0.396. The number of nitrogen functional groups attached to an aromatic ring is 1. The van der Waals surface area contributed by atoms with Gasteiger partial charge in [0.1, 0.15) is 19.0 Å². The second-order valence-corrected chi connectivity index (χ2v) is 6.29. The van der Waals surface area contributed by atoms with Gasteiger partial charge in [0.25, 0.3) is 0 Å². The molecule has 122 valence electrons. The summed E-state index contributed by atoms with van der Waals surface area (Å²) >= 11 is 3.38. The monoisotopic (exact) mass is 373 g/mol. The van der Waals surface area contributed by atoms with Crippen LogP contribution < -0.4 is 10.5 Å². The Hall–Kier alpha value is -1.30. The van der Waals surface area contributed by atoms with Gasteiger partial charge in [-0.2, -0.15) is 0 Å². The third-order valence-electron chi connectivity index (χ3n) is 3.69. The smallest absolute Gasteiger partial charge is 0.313 e. The largest absolute Gasteiger partial charge is 0.489 e. The van der Waals surface area contributed by atoms with E-state index in [0.29, 0.717) is 28.4 Å². The standard InChI is InChI=1S/C16H21BrFNO3/c1-2-21-16(20)12(7-10-3-4-10)11-8-13(17)15(19)14(9-11)22-6-5-18/h8-10,12H,2-7,19H2,1H3. The SMILES string of the molecule is CCOC(=O)C(CC1CC1)c1cc(Br)c(N)c(OCCF)c1. The zero-order valence-corrected chi connectivity index (χ0v) is 14.2. The van der Waals surface area contributed by atoms with Crippen molar-refractivity contribution in [1.82, 2.24) is 0 Å². The van der Waals surface area contributed by atoms with Gasteiger partial charge < -0.3 is 15.2 Å². The minimum atomic E-state index is -0.593. The van der Waals surface area contributed by atoms with Crippen molar-refractivity contribution in [1.29, 1.82) is 0 Å². The zero-order chi connectivity index (χ0) is 16.1. The molecule has 22 heavy (non-hydrogen) atoms. The highest BCUT2D eigenvalue weighted by atomic mass is 79.9. The van der Waals surface area contributed by atoms with Crippen LogP contribution in [0.3, 0.4) is 0 Å². The van der Waals surface area contributed by atoms with Crippen molar-refractivity contribution in [2.24, 2.45) is 5.92 Å². The number of esters is 1. The van der Waals surface area contributed by atoms with Crippen LogP contribution in [0.4, 0.5) is 10.1 Å². The number of carbonyl (C=O) groups is 1. The molecule has 0 aromatic heterocycles. The highest BCUT2D eigenvalue weighted by Crippen LogP contribution is 2.42. The summed E-state index contributed by atoms with van der Waals surface area (Å²) in [5, 5.41) is 0. The summed E-state index contributed by atoms with van der Waals surface area (Å²) in [4.78, 5) is 12.3. The number of anilines is 1. The van der Waals surface area contributed by atoms with Crippen LogP contribution in [0.25, 0.3) is 0 Å². The van der Waals surface area contributed by atoms with Crippen molar-refractivity contribution in [2.45, 2.75) is 32.1 Å². The Balaban J connectivity index is 2.28. The second-order valence-electron chi connectivity index (χ2n) is 5.44. The fourth-order valence-corrected chi connectivity index (χ4v) is 2.84. The van der Waals surface area contributed by atoms with E-state index in [-0.39, 0.29) is 18.5 Å². The topological polar surface area (TPSA) is 61.5 Å². The maximum Gasteiger partial charge on any atom is 0.313 e. The van der Waals surface area contributed by atoms with Gasteiger partial charge in [0, 0.05) is 4.47 Å². The Bertz CT molecular complexity index is 534. The van der Waals surface area contributed by atoms with Gasteiger partial charge in [-0.15, -0.1) is 0 Å². The number of rotatable bonds is 8. The molecule has 6 heteroatoms. The lowest BCUT2D eigenvalue weighted by atomic mass is 9.93. The molecular weight excluding hydrogens is 353 g/mol. The molecule has 1 saturated carbocycles. The van der Waals surface area contributed by atoms with E-state index in [0.717, 1.165) is 24.8 Å². The molecule has 1 atom stereocenters. The molecule has 0 bridgehead atoms. The molecule has 0 amide bonds. The molecule has 2 rings (SSSR count). The van der Waals surface area contributed by atoms with Gasteiger partial charge in [-0.25, -0.2) is 4.39 Å². The highest BCUT2D eigenvalue weighted by Gasteiger charge is 2.32. The number of benzene rings is 1. The summed E-state index contributed by atoms with van der Waals surface area (Å²) in [5.41, 5.74) is 7.13. The van der Waals surface area contributed by atoms with Crippen molar-refractivity contribution < 1.29 is 18.7 Å². The van der Waals surface area contributed by atoms with Gasteiger partial charge in [0.05, 0.1) is 18.2 Å². The predicted molar refractivity (Wildman–Crippen MR) is 86.7 cm³/mol. The van der Waals surface area contributed by atoms with E-state index in [1.165, 1.54) is 0 Å². The maximum absolute atomic E-state index is 12.3. The number of ether oxygens (including phenoxy) is 2. The van der Waals surface area contributed by atoms with Crippen LogP contribution in [0.15, 0.2) is 16.6 Å². The first-order valence-corrected chi connectivity index (χ1v) is 8.30. The Morgan fingerprint density at radius 3 is 2.82 bits per heavy atom. The number of nitrogens with two attached hydrogens (primary N) is 1. The molecule has 0 spiro atoms. The van der Waals surface area contributed by atoms with Crippen LogP contribution in [-0.2, 0) is 9.53 Å². The van der Waals surface area contributed by atoms with Crippen LogP contribution in [0.5, 0.6) is 5.75 Å². The summed E-state index contributed by atoms with van der Waals surface area (Å²) < 4.78 is 23.5.